The average Bonchev–Trinajstić information content (AvgIpc) is 2.70. The van der Waals surface area contributed by atoms with Gasteiger partial charge in [-0.15, -0.1) is 0 Å². The molecular weight excluding hydrogens is 262 g/mol. The lowest BCUT2D eigenvalue weighted by atomic mass is 10.1. The highest BCUT2D eigenvalue weighted by molar-refractivity contribution is 7.13. The molecule has 0 aliphatic rings. The number of aromatic amines is 1. The molecule has 1 N–H and O–H groups in total. The van der Waals surface area contributed by atoms with Crippen LogP contribution in [0.2, 0.25) is 0 Å². The molecule has 0 unspecified atom stereocenters. The molecule has 0 bridgehead atoms. The molecule has 4 nitrogen and oxygen atoms in total. The van der Waals surface area contributed by atoms with E-state index in [2.05, 4.69) is 4.98 Å². The van der Waals surface area contributed by atoms with E-state index < -0.39 is 11.6 Å². The lowest BCUT2D eigenvalue weighted by molar-refractivity contribution is 0.00644. The molecule has 0 atom stereocenters. The minimum atomic E-state index is -0.593. The highest BCUT2D eigenvalue weighted by Crippen LogP contribution is 2.26. The predicted molar refractivity (Wildman–Crippen MR) is 75.5 cm³/mol. The lowest BCUT2D eigenvalue weighted by Gasteiger charge is -2.19. The van der Waals surface area contributed by atoms with Crippen molar-refractivity contribution in [3.05, 3.63) is 45.7 Å². The fraction of sp³-hybridized carbons (Fsp3) is 0.286. The molecule has 5 heteroatoms. The molecule has 0 fully saturated rings. The molecule has 19 heavy (non-hydrogen) atoms. The van der Waals surface area contributed by atoms with Crippen LogP contribution >= 0.6 is 11.3 Å². The second kappa shape index (κ2) is 5.01. The predicted octanol–water partition coefficient (Wildman–Crippen LogP) is 3.06. The number of H-pyrrole nitrogens is 1. The van der Waals surface area contributed by atoms with Crippen LogP contribution < -0.4 is 4.87 Å². The van der Waals surface area contributed by atoms with Gasteiger partial charge < -0.3 is 9.72 Å². The Bertz CT molecular complexity index is 635. The summed E-state index contributed by atoms with van der Waals surface area (Å²) in [6, 6.07) is 9.31. The van der Waals surface area contributed by atoms with Crippen molar-refractivity contribution in [2.75, 3.05) is 0 Å². The number of thiazole rings is 1. The summed E-state index contributed by atoms with van der Waals surface area (Å²) in [5.74, 6) is -0.510. The zero-order chi connectivity index (χ0) is 14.0. The Morgan fingerprint density at radius 2 is 1.84 bits per heavy atom. The van der Waals surface area contributed by atoms with Crippen LogP contribution in [0, 0.1) is 0 Å². The molecular formula is C14H15NO3S. The van der Waals surface area contributed by atoms with Gasteiger partial charge in [-0.25, -0.2) is 4.79 Å². The maximum atomic E-state index is 12.1. The number of nitrogens with one attached hydrogen (secondary N) is 1. The van der Waals surface area contributed by atoms with E-state index in [1.807, 2.05) is 30.3 Å². The number of ether oxygens (including phenoxy) is 1. The molecule has 0 amide bonds. The Hall–Kier alpha value is -1.88. The highest BCUT2D eigenvalue weighted by atomic mass is 32.1. The third kappa shape index (κ3) is 3.32. The van der Waals surface area contributed by atoms with Crippen LogP contribution in [-0.2, 0) is 4.74 Å². The van der Waals surface area contributed by atoms with Crippen LogP contribution in [0.5, 0.6) is 0 Å². The van der Waals surface area contributed by atoms with Gasteiger partial charge in [-0.1, -0.05) is 41.7 Å². The SMILES string of the molecule is CC(C)(C)OC(=O)c1[nH]c(=O)sc1-c1ccccc1. The molecule has 2 rings (SSSR count). The quantitative estimate of drug-likeness (QED) is 0.858. The van der Waals surface area contributed by atoms with Crippen molar-refractivity contribution < 1.29 is 9.53 Å². The molecule has 2 aromatic rings. The van der Waals surface area contributed by atoms with Gasteiger partial charge in [-0.05, 0) is 26.3 Å². The summed E-state index contributed by atoms with van der Waals surface area (Å²) in [7, 11) is 0. The minimum Gasteiger partial charge on any atom is -0.455 e. The van der Waals surface area contributed by atoms with Gasteiger partial charge in [-0.2, -0.15) is 0 Å². The minimum absolute atomic E-state index is 0.219. The van der Waals surface area contributed by atoms with Crippen LogP contribution in [0.3, 0.4) is 0 Å². The monoisotopic (exact) mass is 277 g/mol. The van der Waals surface area contributed by atoms with E-state index in [9.17, 15) is 9.59 Å². The van der Waals surface area contributed by atoms with E-state index in [1.54, 1.807) is 20.8 Å². The van der Waals surface area contributed by atoms with E-state index in [4.69, 9.17) is 4.74 Å². The lowest BCUT2D eigenvalue weighted by Crippen LogP contribution is -2.24. The molecule has 0 aliphatic carbocycles. The van der Waals surface area contributed by atoms with E-state index in [-0.39, 0.29) is 10.6 Å². The van der Waals surface area contributed by atoms with Crippen molar-refractivity contribution in [2.24, 2.45) is 0 Å². The van der Waals surface area contributed by atoms with Crippen LogP contribution in [0.1, 0.15) is 31.3 Å². The number of carbonyl (C=O) groups excluding carboxylic acids is 1. The summed E-state index contributed by atoms with van der Waals surface area (Å²) in [5, 5.41) is 0. The summed E-state index contributed by atoms with van der Waals surface area (Å²) in [6.07, 6.45) is 0. The zero-order valence-corrected chi connectivity index (χ0v) is 11.8. The highest BCUT2D eigenvalue weighted by Gasteiger charge is 2.23. The number of aromatic nitrogens is 1. The number of benzene rings is 1. The van der Waals surface area contributed by atoms with Gasteiger partial charge in [0.1, 0.15) is 11.3 Å². The Morgan fingerprint density at radius 1 is 1.21 bits per heavy atom. The average molecular weight is 277 g/mol. The van der Waals surface area contributed by atoms with Crippen molar-refractivity contribution in [1.82, 2.24) is 4.98 Å². The first-order valence-electron chi connectivity index (χ1n) is 5.89. The maximum Gasteiger partial charge on any atom is 0.356 e. The second-order valence-corrected chi connectivity index (χ2v) is 6.07. The molecule has 1 heterocycles. The first-order chi connectivity index (χ1) is 8.87. The number of hydrogen-bond donors (Lipinski definition) is 1. The van der Waals surface area contributed by atoms with Crippen LogP contribution in [0.25, 0.3) is 10.4 Å². The van der Waals surface area contributed by atoms with Crippen molar-refractivity contribution in [3.63, 3.8) is 0 Å². The molecule has 0 aliphatic heterocycles. The summed E-state index contributed by atoms with van der Waals surface area (Å²) in [6.45, 7) is 5.37. The first kappa shape index (κ1) is 13.5. The van der Waals surface area contributed by atoms with E-state index in [0.29, 0.717) is 4.88 Å². The van der Waals surface area contributed by atoms with Gasteiger partial charge in [0, 0.05) is 0 Å². The standard InChI is InChI=1S/C14H15NO3S/c1-14(2,3)18-12(16)10-11(19-13(17)15-10)9-7-5-4-6-8-9/h4-8H,1-3H3,(H,15,17). The Kier molecular flexibility index (Phi) is 3.57. The van der Waals surface area contributed by atoms with Gasteiger partial charge in [0.2, 0.25) is 0 Å². The van der Waals surface area contributed by atoms with Crippen LogP contribution in [0.4, 0.5) is 0 Å². The van der Waals surface area contributed by atoms with Crippen molar-refractivity contribution in [2.45, 2.75) is 26.4 Å². The molecule has 100 valence electrons. The third-order valence-corrected chi connectivity index (χ3v) is 3.22. The Balaban J connectivity index is 2.43. The van der Waals surface area contributed by atoms with Gasteiger partial charge in [0.05, 0.1) is 4.88 Å². The smallest absolute Gasteiger partial charge is 0.356 e. The zero-order valence-electron chi connectivity index (χ0n) is 11.0. The fourth-order valence-electron chi connectivity index (χ4n) is 1.59. The number of carbonyl (C=O) groups is 1. The fourth-order valence-corrected chi connectivity index (χ4v) is 2.42. The van der Waals surface area contributed by atoms with E-state index in [0.717, 1.165) is 16.9 Å². The Labute approximate surface area is 115 Å². The largest absolute Gasteiger partial charge is 0.455 e. The summed E-state index contributed by atoms with van der Waals surface area (Å²) in [5.41, 5.74) is 0.451. The maximum absolute atomic E-state index is 12.1. The molecule has 0 radical (unpaired) electrons. The third-order valence-electron chi connectivity index (χ3n) is 2.29. The van der Waals surface area contributed by atoms with E-state index >= 15 is 0 Å². The van der Waals surface area contributed by atoms with Crippen LogP contribution in [-0.4, -0.2) is 16.6 Å². The second-order valence-electron chi connectivity index (χ2n) is 5.09. The van der Waals surface area contributed by atoms with Crippen LogP contribution in [0.15, 0.2) is 35.1 Å². The van der Waals surface area contributed by atoms with Gasteiger partial charge in [-0.3, -0.25) is 4.79 Å². The van der Waals surface area contributed by atoms with Gasteiger partial charge in [0.15, 0.2) is 0 Å². The molecule has 0 spiro atoms. The Morgan fingerprint density at radius 3 is 2.42 bits per heavy atom. The van der Waals surface area contributed by atoms with E-state index in [1.165, 1.54) is 0 Å². The van der Waals surface area contributed by atoms with Gasteiger partial charge in [0.25, 0.3) is 0 Å². The van der Waals surface area contributed by atoms with Crippen molar-refractivity contribution >= 4 is 17.3 Å². The number of esters is 1. The van der Waals surface area contributed by atoms with Crippen molar-refractivity contribution in [1.29, 1.82) is 0 Å². The molecule has 1 aromatic carbocycles. The molecule has 0 saturated carbocycles. The van der Waals surface area contributed by atoms with Crippen molar-refractivity contribution in [3.8, 4) is 10.4 Å². The molecule has 1 aromatic heterocycles. The summed E-state index contributed by atoms with van der Waals surface area (Å²) < 4.78 is 5.30. The summed E-state index contributed by atoms with van der Waals surface area (Å²) >= 11 is 1.01. The number of hydrogen-bond acceptors (Lipinski definition) is 4. The summed E-state index contributed by atoms with van der Waals surface area (Å²) in [4.78, 5) is 26.5. The topological polar surface area (TPSA) is 59.2 Å². The first-order valence-corrected chi connectivity index (χ1v) is 6.70. The van der Waals surface area contributed by atoms with Gasteiger partial charge >= 0.3 is 10.8 Å². The normalized spacial score (nSPS) is 11.3. The number of rotatable bonds is 2. The molecule has 0 saturated heterocycles.